The van der Waals surface area contributed by atoms with Crippen molar-refractivity contribution in [3.8, 4) is 23.0 Å². The van der Waals surface area contributed by atoms with E-state index < -0.39 is 17.2 Å². The highest BCUT2D eigenvalue weighted by Crippen LogP contribution is 2.42. The number of benzene rings is 2. The maximum Gasteiger partial charge on any atom is 0.202 e. The first-order chi connectivity index (χ1) is 8.90. The van der Waals surface area contributed by atoms with E-state index in [9.17, 15) is 20.4 Å². The van der Waals surface area contributed by atoms with Crippen LogP contribution >= 0.6 is 0 Å². The lowest BCUT2D eigenvalue weighted by Gasteiger charge is -2.13. The lowest BCUT2D eigenvalue weighted by atomic mass is 10.1. The molecule has 0 aliphatic heterocycles. The van der Waals surface area contributed by atoms with Crippen LogP contribution in [0.5, 0.6) is 23.0 Å². The number of phenols is 4. The van der Waals surface area contributed by atoms with Crippen LogP contribution in [0.15, 0.2) is 24.3 Å². The van der Waals surface area contributed by atoms with Crippen molar-refractivity contribution in [3.05, 3.63) is 35.4 Å². The molecule has 5 nitrogen and oxygen atoms in total. The Morgan fingerprint density at radius 2 is 1.37 bits per heavy atom. The van der Waals surface area contributed by atoms with Crippen molar-refractivity contribution < 1.29 is 20.4 Å². The minimum Gasteiger partial charge on any atom is -0.506 e. The third-order valence-corrected chi connectivity index (χ3v) is 3.01. The van der Waals surface area contributed by atoms with Crippen molar-refractivity contribution in [1.82, 2.24) is 0 Å². The van der Waals surface area contributed by atoms with Crippen LogP contribution in [0.2, 0.25) is 0 Å². The molecule has 2 aromatic carbocycles. The number of aryl methyl sites for hydroxylation is 2. The number of rotatable bonds is 2. The number of hydrogen-bond acceptors (Lipinski definition) is 5. The monoisotopic (exact) mass is 261 g/mol. The highest BCUT2D eigenvalue weighted by atomic mass is 16.3. The van der Waals surface area contributed by atoms with Gasteiger partial charge in [-0.3, -0.25) is 0 Å². The Morgan fingerprint density at radius 1 is 0.737 bits per heavy atom. The molecule has 19 heavy (non-hydrogen) atoms. The summed E-state index contributed by atoms with van der Waals surface area (Å²) < 4.78 is 0. The van der Waals surface area contributed by atoms with Gasteiger partial charge in [0.2, 0.25) is 5.75 Å². The molecule has 0 saturated heterocycles. The molecule has 0 aliphatic rings. The molecule has 0 saturated carbocycles. The number of hydrogen-bond donors (Lipinski definition) is 5. The highest BCUT2D eigenvalue weighted by Gasteiger charge is 2.13. The smallest absolute Gasteiger partial charge is 0.202 e. The SMILES string of the molecule is Cc1cc(O)c(Nc2ccc(O)c(O)c2O)cc1C. The average molecular weight is 261 g/mol. The molecular formula is C14H15NO4. The van der Waals surface area contributed by atoms with Crippen molar-refractivity contribution in [2.24, 2.45) is 0 Å². The largest absolute Gasteiger partial charge is 0.506 e. The molecule has 0 aromatic heterocycles. The minimum atomic E-state index is -0.603. The van der Waals surface area contributed by atoms with Crippen LogP contribution in [0.25, 0.3) is 0 Å². The quantitative estimate of drug-likeness (QED) is 0.423. The van der Waals surface area contributed by atoms with Crippen LogP contribution in [0.4, 0.5) is 11.4 Å². The van der Waals surface area contributed by atoms with Gasteiger partial charge in [-0.1, -0.05) is 0 Å². The summed E-state index contributed by atoms with van der Waals surface area (Å²) in [5.41, 5.74) is 2.51. The first kappa shape index (κ1) is 12.9. The second-order valence-electron chi connectivity index (χ2n) is 4.41. The Morgan fingerprint density at radius 3 is 2.05 bits per heavy atom. The van der Waals surface area contributed by atoms with E-state index >= 15 is 0 Å². The zero-order chi connectivity index (χ0) is 14.2. The number of nitrogens with one attached hydrogen (secondary N) is 1. The van der Waals surface area contributed by atoms with E-state index in [1.54, 1.807) is 12.1 Å². The first-order valence-electron chi connectivity index (χ1n) is 5.71. The molecule has 2 rings (SSSR count). The zero-order valence-corrected chi connectivity index (χ0v) is 10.6. The molecule has 5 N–H and O–H groups in total. The van der Waals surface area contributed by atoms with Gasteiger partial charge in [0.25, 0.3) is 0 Å². The molecule has 0 heterocycles. The Bertz CT molecular complexity index is 638. The molecule has 0 radical (unpaired) electrons. The molecule has 100 valence electrons. The fourth-order valence-electron chi connectivity index (χ4n) is 1.72. The summed E-state index contributed by atoms with van der Waals surface area (Å²) in [4.78, 5) is 0. The van der Waals surface area contributed by atoms with Crippen LogP contribution < -0.4 is 5.32 Å². The Kier molecular flexibility index (Phi) is 3.12. The Hall–Kier alpha value is -2.56. The minimum absolute atomic E-state index is 0.0371. The molecule has 2 aromatic rings. The van der Waals surface area contributed by atoms with Crippen LogP contribution in [0.1, 0.15) is 11.1 Å². The van der Waals surface area contributed by atoms with Gasteiger partial charge in [-0.2, -0.15) is 0 Å². The van der Waals surface area contributed by atoms with Gasteiger partial charge >= 0.3 is 0 Å². The Balaban J connectivity index is 2.42. The van der Waals surface area contributed by atoms with Gasteiger partial charge in [0, 0.05) is 0 Å². The molecule has 0 atom stereocenters. The van der Waals surface area contributed by atoms with Gasteiger partial charge < -0.3 is 25.7 Å². The molecule has 0 unspecified atom stereocenters. The second-order valence-corrected chi connectivity index (χ2v) is 4.41. The lowest BCUT2D eigenvalue weighted by molar-refractivity contribution is 0.369. The van der Waals surface area contributed by atoms with Crippen molar-refractivity contribution in [2.75, 3.05) is 5.32 Å². The van der Waals surface area contributed by atoms with Crippen LogP contribution in [0.3, 0.4) is 0 Å². The van der Waals surface area contributed by atoms with Gasteiger partial charge in [0.05, 0.1) is 11.4 Å². The Labute approximate surface area is 110 Å². The number of aromatic hydroxyl groups is 4. The maximum absolute atomic E-state index is 9.84. The normalized spacial score (nSPS) is 10.4. The van der Waals surface area contributed by atoms with Crippen LogP contribution in [0, 0.1) is 13.8 Å². The maximum atomic E-state index is 9.84. The van der Waals surface area contributed by atoms with E-state index in [1.165, 1.54) is 12.1 Å². The summed E-state index contributed by atoms with van der Waals surface area (Å²) in [7, 11) is 0. The van der Waals surface area contributed by atoms with Gasteiger partial charge in [-0.25, -0.2) is 0 Å². The molecular weight excluding hydrogens is 246 g/mol. The number of anilines is 2. The topological polar surface area (TPSA) is 93.0 Å². The third kappa shape index (κ3) is 2.35. The van der Waals surface area contributed by atoms with Crippen LogP contribution in [-0.4, -0.2) is 20.4 Å². The van der Waals surface area contributed by atoms with E-state index in [0.29, 0.717) is 5.69 Å². The van der Waals surface area contributed by atoms with Crippen molar-refractivity contribution in [2.45, 2.75) is 13.8 Å². The van der Waals surface area contributed by atoms with E-state index in [1.807, 2.05) is 13.8 Å². The van der Waals surface area contributed by atoms with E-state index in [0.717, 1.165) is 11.1 Å². The summed E-state index contributed by atoms with van der Waals surface area (Å²) in [5, 5.41) is 41.0. The molecule has 0 fully saturated rings. The third-order valence-electron chi connectivity index (χ3n) is 3.01. The zero-order valence-electron chi connectivity index (χ0n) is 10.6. The molecule has 0 spiro atoms. The van der Waals surface area contributed by atoms with Crippen molar-refractivity contribution >= 4 is 11.4 Å². The van der Waals surface area contributed by atoms with Crippen LogP contribution in [-0.2, 0) is 0 Å². The first-order valence-corrected chi connectivity index (χ1v) is 5.71. The summed E-state index contributed by atoms with van der Waals surface area (Å²) in [6.07, 6.45) is 0. The molecule has 0 aliphatic carbocycles. The molecule has 0 bridgehead atoms. The number of phenolic OH excluding ortho intramolecular Hbond substituents is 4. The average Bonchev–Trinajstić information content (AvgIpc) is 2.36. The summed E-state index contributed by atoms with van der Waals surface area (Å²) >= 11 is 0. The standard InChI is InChI=1S/C14H15NO4/c1-7-5-10(12(17)6-8(7)2)15-9-3-4-11(16)14(19)13(9)18/h3-6,15-19H,1-2H3. The fraction of sp³-hybridized carbons (Fsp3) is 0.143. The van der Waals surface area contributed by atoms with Crippen molar-refractivity contribution in [1.29, 1.82) is 0 Å². The van der Waals surface area contributed by atoms with Gasteiger partial charge in [-0.15, -0.1) is 0 Å². The summed E-state index contributed by atoms with van der Waals surface area (Å²) in [6.45, 7) is 3.77. The van der Waals surface area contributed by atoms with E-state index in [2.05, 4.69) is 5.32 Å². The van der Waals surface area contributed by atoms with Gasteiger partial charge in [0.1, 0.15) is 5.75 Å². The van der Waals surface area contributed by atoms with Gasteiger partial charge in [0.15, 0.2) is 11.5 Å². The van der Waals surface area contributed by atoms with Gasteiger partial charge in [-0.05, 0) is 49.2 Å². The molecule has 0 amide bonds. The fourth-order valence-corrected chi connectivity index (χ4v) is 1.72. The van der Waals surface area contributed by atoms with Crippen molar-refractivity contribution in [3.63, 3.8) is 0 Å². The molecule has 5 heteroatoms. The predicted molar refractivity (Wildman–Crippen MR) is 72.3 cm³/mol. The highest BCUT2D eigenvalue weighted by molar-refractivity contribution is 5.75. The predicted octanol–water partition coefficient (Wildman–Crippen LogP) is 2.87. The van der Waals surface area contributed by atoms with E-state index in [-0.39, 0.29) is 11.4 Å². The summed E-state index contributed by atoms with van der Waals surface area (Å²) in [5.74, 6) is -1.45. The van der Waals surface area contributed by atoms with E-state index in [4.69, 9.17) is 0 Å². The lowest BCUT2D eigenvalue weighted by Crippen LogP contribution is -1.93. The second kappa shape index (κ2) is 4.61. The summed E-state index contributed by atoms with van der Waals surface area (Å²) in [6, 6.07) is 5.98.